The number of carbonyl (C=O) groups is 1. The van der Waals surface area contributed by atoms with Gasteiger partial charge in [0.25, 0.3) is 0 Å². The van der Waals surface area contributed by atoms with Gasteiger partial charge in [-0.2, -0.15) is 0 Å². The van der Waals surface area contributed by atoms with Crippen molar-refractivity contribution >= 4 is 17.6 Å². The fourth-order valence-corrected chi connectivity index (χ4v) is 4.13. The van der Waals surface area contributed by atoms with Crippen molar-refractivity contribution in [2.75, 3.05) is 31.1 Å². The molecule has 0 aliphatic carbocycles. The first-order valence-electron chi connectivity index (χ1n) is 10.9. The maximum Gasteiger partial charge on any atom is 0.227 e. The molecule has 2 aromatic carbocycles. The zero-order valence-corrected chi connectivity index (χ0v) is 17.6. The van der Waals surface area contributed by atoms with E-state index in [0.29, 0.717) is 19.6 Å². The molecule has 2 heterocycles. The van der Waals surface area contributed by atoms with Gasteiger partial charge in [-0.05, 0) is 37.5 Å². The molecule has 158 valence electrons. The van der Waals surface area contributed by atoms with Crippen molar-refractivity contribution in [3.63, 3.8) is 0 Å². The number of anilines is 1. The Morgan fingerprint density at radius 1 is 1.20 bits per heavy atom. The van der Waals surface area contributed by atoms with E-state index in [1.807, 2.05) is 41.3 Å². The first-order valence-corrected chi connectivity index (χ1v) is 10.9. The van der Waals surface area contributed by atoms with Gasteiger partial charge < -0.3 is 20.3 Å². The van der Waals surface area contributed by atoms with Crippen LogP contribution in [0.1, 0.15) is 43.4 Å². The number of benzene rings is 2. The van der Waals surface area contributed by atoms with Crippen LogP contribution in [0.15, 0.2) is 53.5 Å². The SMILES string of the molecule is CCNC(=NCCCC(=O)N1CCc2ccccc21)NC1CCOc2ccccc21. The Morgan fingerprint density at radius 3 is 2.93 bits per heavy atom. The molecule has 0 aromatic heterocycles. The third kappa shape index (κ3) is 4.58. The number of nitrogens with one attached hydrogen (secondary N) is 2. The number of guanidine groups is 1. The maximum atomic E-state index is 12.7. The predicted octanol–water partition coefficient (Wildman–Crippen LogP) is 3.43. The fourth-order valence-electron chi connectivity index (χ4n) is 4.13. The molecular formula is C24H30N4O2. The van der Waals surface area contributed by atoms with E-state index < -0.39 is 0 Å². The lowest BCUT2D eigenvalue weighted by atomic mass is 10.0. The van der Waals surface area contributed by atoms with Gasteiger partial charge in [0.15, 0.2) is 5.96 Å². The average Bonchev–Trinajstić information content (AvgIpc) is 3.21. The number of hydrogen-bond donors (Lipinski definition) is 2. The second-order valence-corrected chi connectivity index (χ2v) is 7.66. The molecule has 1 amide bonds. The highest BCUT2D eigenvalue weighted by Gasteiger charge is 2.24. The van der Waals surface area contributed by atoms with Gasteiger partial charge in [-0.3, -0.25) is 9.79 Å². The summed E-state index contributed by atoms with van der Waals surface area (Å²) in [6.07, 6.45) is 3.09. The summed E-state index contributed by atoms with van der Waals surface area (Å²) in [7, 11) is 0. The lowest BCUT2D eigenvalue weighted by Crippen LogP contribution is -2.41. The molecule has 0 radical (unpaired) electrons. The highest BCUT2D eigenvalue weighted by Crippen LogP contribution is 2.31. The minimum Gasteiger partial charge on any atom is -0.493 e. The van der Waals surface area contributed by atoms with Crippen molar-refractivity contribution in [2.24, 2.45) is 4.99 Å². The monoisotopic (exact) mass is 406 g/mol. The van der Waals surface area contributed by atoms with Gasteiger partial charge in [-0.1, -0.05) is 36.4 Å². The molecule has 2 aromatic rings. The summed E-state index contributed by atoms with van der Waals surface area (Å²) in [5, 5.41) is 6.85. The van der Waals surface area contributed by atoms with Crippen molar-refractivity contribution < 1.29 is 9.53 Å². The molecular weight excluding hydrogens is 376 g/mol. The van der Waals surface area contributed by atoms with Gasteiger partial charge in [0.2, 0.25) is 5.91 Å². The van der Waals surface area contributed by atoms with Crippen molar-refractivity contribution in [1.29, 1.82) is 0 Å². The number of hydrogen-bond acceptors (Lipinski definition) is 3. The zero-order chi connectivity index (χ0) is 20.8. The molecule has 0 saturated heterocycles. The van der Waals surface area contributed by atoms with E-state index in [1.165, 1.54) is 5.56 Å². The van der Waals surface area contributed by atoms with Gasteiger partial charge in [-0.25, -0.2) is 0 Å². The topological polar surface area (TPSA) is 66.0 Å². The van der Waals surface area contributed by atoms with E-state index in [0.717, 1.165) is 55.3 Å². The fraction of sp³-hybridized carbons (Fsp3) is 0.417. The van der Waals surface area contributed by atoms with Crippen LogP contribution in [0.2, 0.25) is 0 Å². The highest BCUT2D eigenvalue weighted by molar-refractivity contribution is 5.95. The van der Waals surface area contributed by atoms with Crippen molar-refractivity contribution in [2.45, 2.75) is 38.6 Å². The summed E-state index contributed by atoms with van der Waals surface area (Å²) in [5.74, 6) is 1.92. The largest absolute Gasteiger partial charge is 0.493 e. The molecule has 4 rings (SSSR count). The summed E-state index contributed by atoms with van der Waals surface area (Å²) in [5.41, 5.74) is 3.50. The molecule has 2 aliphatic rings. The number of para-hydroxylation sites is 2. The van der Waals surface area contributed by atoms with Crippen LogP contribution in [-0.2, 0) is 11.2 Å². The van der Waals surface area contributed by atoms with Gasteiger partial charge in [0.05, 0.1) is 12.6 Å². The van der Waals surface area contributed by atoms with E-state index in [9.17, 15) is 4.79 Å². The molecule has 6 heteroatoms. The van der Waals surface area contributed by atoms with Gasteiger partial charge in [0, 0.05) is 43.7 Å². The molecule has 2 aliphatic heterocycles. The summed E-state index contributed by atoms with van der Waals surface area (Å²) in [6, 6.07) is 16.5. The van der Waals surface area contributed by atoms with E-state index >= 15 is 0 Å². The lowest BCUT2D eigenvalue weighted by molar-refractivity contribution is -0.118. The van der Waals surface area contributed by atoms with Crippen LogP contribution in [0.25, 0.3) is 0 Å². The quantitative estimate of drug-likeness (QED) is 0.438. The minimum absolute atomic E-state index is 0.176. The number of amides is 1. The third-order valence-electron chi connectivity index (χ3n) is 5.62. The number of fused-ring (bicyclic) bond motifs is 2. The summed E-state index contributed by atoms with van der Waals surface area (Å²) >= 11 is 0. The minimum atomic E-state index is 0.176. The van der Waals surface area contributed by atoms with Crippen LogP contribution in [0.3, 0.4) is 0 Å². The Bertz CT molecular complexity index is 912. The van der Waals surface area contributed by atoms with E-state index in [4.69, 9.17) is 9.73 Å². The highest BCUT2D eigenvalue weighted by atomic mass is 16.5. The Kier molecular flexibility index (Phi) is 6.52. The van der Waals surface area contributed by atoms with E-state index in [-0.39, 0.29) is 11.9 Å². The summed E-state index contributed by atoms with van der Waals surface area (Å²) in [6.45, 7) is 4.94. The second-order valence-electron chi connectivity index (χ2n) is 7.66. The van der Waals surface area contributed by atoms with Crippen LogP contribution < -0.4 is 20.3 Å². The van der Waals surface area contributed by atoms with Crippen LogP contribution in [-0.4, -0.2) is 38.1 Å². The molecule has 6 nitrogen and oxygen atoms in total. The molecule has 0 bridgehead atoms. The third-order valence-corrected chi connectivity index (χ3v) is 5.62. The van der Waals surface area contributed by atoms with Crippen molar-refractivity contribution in [3.05, 3.63) is 59.7 Å². The molecule has 1 atom stereocenters. The number of aliphatic imine (C=N–C) groups is 1. The molecule has 0 fully saturated rings. The van der Waals surface area contributed by atoms with Gasteiger partial charge in [0.1, 0.15) is 5.75 Å². The van der Waals surface area contributed by atoms with Crippen LogP contribution in [0.4, 0.5) is 5.69 Å². The smallest absolute Gasteiger partial charge is 0.227 e. The predicted molar refractivity (Wildman–Crippen MR) is 120 cm³/mol. The normalized spacial score (nSPS) is 17.7. The molecule has 1 unspecified atom stereocenters. The number of carbonyl (C=O) groups excluding carboxylic acids is 1. The zero-order valence-electron chi connectivity index (χ0n) is 17.6. The molecule has 0 saturated carbocycles. The first-order chi connectivity index (χ1) is 14.8. The Labute approximate surface area is 178 Å². The Hall–Kier alpha value is -3.02. The maximum absolute atomic E-state index is 12.7. The lowest BCUT2D eigenvalue weighted by Gasteiger charge is -2.28. The Morgan fingerprint density at radius 2 is 2.03 bits per heavy atom. The van der Waals surface area contributed by atoms with Crippen LogP contribution >= 0.6 is 0 Å². The van der Waals surface area contributed by atoms with Crippen molar-refractivity contribution in [1.82, 2.24) is 10.6 Å². The van der Waals surface area contributed by atoms with Crippen molar-refractivity contribution in [3.8, 4) is 5.75 Å². The standard InChI is InChI=1S/C24H30N4O2/c1-2-25-24(27-20-14-17-30-22-11-6-4-9-19(20)22)26-15-7-12-23(29)28-16-13-18-8-3-5-10-21(18)28/h3-6,8-11,20H,2,7,12-17H2,1H3,(H2,25,26,27). The van der Waals surface area contributed by atoms with Crippen LogP contribution in [0.5, 0.6) is 5.75 Å². The van der Waals surface area contributed by atoms with E-state index in [2.05, 4.69) is 29.7 Å². The molecule has 30 heavy (non-hydrogen) atoms. The molecule has 2 N–H and O–H groups in total. The number of ether oxygens (including phenoxy) is 1. The summed E-state index contributed by atoms with van der Waals surface area (Å²) < 4.78 is 5.75. The first kappa shape index (κ1) is 20.3. The Balaban J connectivity index is 1.31. The second kappa shape index (κ2) is 9.65. The number of nitrogens with zero attached hydrogens (tertiary/aromatic N) is 2. The van der Waals surface area contributed by atoms with Gasteiger partial charge in [-0.15, -0.1) is 0 Å². The van der Waals surface area contributed by atoms with Gasteiger partial charge >= 0.3 is 0 Å². The summed E-state index contributed by atoms with van der Waals surface area (Å²) in [4.78, 5) is 19.3. The van der Waals surface area contributed by atoms with Crippen LogP contribution in [0, 0.1) is 0 Å². The number of rotatable bonds is 6. The average molecular weight is 407 g/mol. The molecule has 0 spiro atoms. The van der Waals surface area contributed by atoms with E-state index in [1.54, 1.807) is 0 Å².